The van der Waals surface area contributed by atoms with Crippen LogP contribution in [0.2, 0.25) is 0 Å². The van der Waals surface area contributed by atoms with Crippen molar-refractivity contribution in [3.63, 3.8) is 0 Å². The molecule has 106 valence electrons. The Morgan fingerprint density at radius 1 is 1.45 bits per heavy atom. The van der Waals surface area contributed by atoms with Gasteiger partial charge in [0.2, 0.25) is 0 Å². The van der Waals surface area contributed by atoms with E-state index in [0.29, 0.717) is 16.3 Å². The molecule has 2 aromatic rings. The summed E-state index contributed by atoms with van der Waals surface area (Å²) < 4.78 is 4.96. The molecule has 2 heterocycles. The highest BCUT2D eigenvalue weighted by atomic mass is 32.1. The molecule has 8 nitrogen and oxygen atoms in total. The Bertz CT molecular complexity index is 661. The molecule has 0 aromatic carbocycles. The molecular formula is C11H13N5O3S. The van der Waals surface area contributed by atoms with Crippen LogP contribution in [-0.4, -0.2) is 36.4 Å². The van der Waals surface area contributed by atoms with Gasteiger partial charge in [0, 0.05) is 6.20 Å². The molecule has 2 aromatic heterocycles. The first-order chi connectivity index (χ1) is 9.32. The number of amides is 1. The van der Waals surface area contributed by atoms with E-state index in [1.54, 1.807) is 6.92 Å². The molecule has 0 fully saturated rings. The van der Waals surface area contributed by atoms with E-state index in [1.807, 2.05) is 0 Å². The maximum Gasteiger partial charge on any atom is 0.331 e. The number of hydrogen-bond donors (Lipinski definition) is 2. The van der Waals surface area contributed by atoms with Crippen molar-refractivity contribution >= 4 is 29.1 Å². The van der Waals surface area contributed by atoms with E-state index in [4.69, 9.17) is 5.11 Å². The lowest BCUT2D eigenvalue weighted by Gasteiger charge is -2.19. The second-order valence-corrected chi connectivity index (χ2v) is 5.43. The van der Waals surface area contributed by atoms with Crippen LogP contribution in [0.15, 0.2) is 12.4 Å². The first-order valence-corrected chi connectivity index (χ1v) is 6.48. The van der Waals surface area contributed by atoms with Gasteiger partial charge >= 0.3 is 5.97 Å². The molecule has 0 saturated heterocycles. The monoisotopic (exact) mass is 295 g/mol. The molecule has 9 heteroatoms. The molecule has 20 heavy (non-hydrogen) atoms. The van der Waals surface area contributed by atoms with Gasteiger partial charge in [-0.3, -0.25) is 9.48 Å². The minimum atomic E-state index is -1.19. The van der Waals surface area contributed by atoms with Crippen molar-refractivity contribution in [1.29, 1.82) is 0 Å². The number of aryl methyl sites for hydroxylation is 1. The van der Waals surface area contributed by atoms with Crippen molar-refractivity contribution in [3.8, 4) is 0 Å². The van der Waals surface area contributed by atoms with Gasteiger partial charge in [0.1, 0.15) is 4.88 Å². The summed E-state index contributed by atoms with van der Waals surface area (Å²) in [5, 5.41) is 19.5. The zero-order valence-electron chi connectivity index (χ0n) is 11.1. The van der Waals surface area contributed by atoms with Crippen molar-refractivity contribution in [2.24, 2.45) is 0 Å². The van der Waals surface area contributed by atoms with E-state index in [9.17, 15) is 9.59 Å². The quantitative estimate of drug-likeness (QED) is 0.874. The number of nitrogens with one attached hydrogen (secondary N) is 1. The molecule has 0 saturated carbocycles. The number of nitrogens with zero attached hydrogens (tertiary/aromatic N) is 4. The van der Waals surface area contributed by atoms with Crippen LogP contribution in [-0.2, 0) is 10.3 Å². The number of rotatable bonds is 4. The molecule has 1 amide bonds. The summed E-state index contributed by atoms with van der Waals surface area (Å²) in [6, 6.07) is 0. The number of anilines is 1. The SMILES string of the molecule is Cc1nnsc1C(=O)Nc1cnn(C(C)(C)C(=O)O)c1. The Kier molecular flexibility index (Phi) is 3.53. The van der Waals surface area contributed by atoms with Gasteiger partial charge in [-0.15, -0.1) is 5.10 Å². The predicted octanol–water partition coefficient (Wildman–Crippen LogP) is 1.12. The van der Waals surface area contributed by atoms with Gasteiger partial charge in [-0.05, 0) is 32.3 Å². The van der Waals surface area contributed by atoms with Gasteiger partial charge in [0.05, 0.1) is 17.6 Å². The third-order valence-corrected chi connectivity index (χ3v) is 3.62. The number of carbonyl (C=O) groups is 2. The standard InChI is InChI=1S/C11H13N5O3S/c1-6-8(20-15-14-6)9(17)13-7-4-12-16(5-7)11(2,3)10(18)19/h4-5H,1-3H3,(H,13,17)(H,18,19). The Balaban J connectivity index is 2.17. The van der Waals surface area contributed by atoms with Gasteiger partial charge in [0.15, 0.2) is 5.54 Å². The fraction of sp³-hybridized carbons (Fsp3) is 0.364. The molecule has 0 atom stereocenters. The van der Waals surface area contributed by atoms with Gasteiger partial charge in [-0.2, -0.15) is 5.10 Å². The fourth-order valence-electron chi connectivity index (χ4n) is 1.42. The summed E-state index contributed by atoms with van der Waals surface area (Å²) in [4.78, 5) is 23.5. The second kappa shape index (κ2) is 5.00. The topological polar surface area (TPSA) is 110 Å². The van der Waals surface area contributed by atoms with Gasteiger partial charge in [0.25, 0.3) is 5.91 Å². The van der Waals surface area contributed by atoms with E-state index >= 15 is 0 Å². The first kappa shape index (κ1) is 14.1. The van der Waals surface area contributed by atoms with Gasteiger partial charge < -0.3 is 10.4 Å². The van der Waals surface area contributed by atoms with Crippen LogP contribution in [0.5, 0.6) is 0 Å². The summed E-state index contributed by atoms with van der Waals surface area (Å²) >= 11 is 1.000. The van der Waals surface area contributed by atoms with Crippen LogP contribution in [0.4, 0.5) is 5.69 Å². The van der Waals surface area contributed by atoms with Crippen molar-refractivity contribution in [1.82, 2.24) is 19.4 Å². The van der Waals surface area contributed by atoms with Crippen LogP contribution in [0.3, 0.4) is 0 Å². The highest BCUT2D eigenvalue weighted by Gasteiger charge is 2.30. The summed E-state index contributed by atoms with van der Waals surface area (Å²) in [6.45, 7) is 4.73. The zero-order chi connectivity index (χ0) is 14.9. The number of aromatic nitrogens is 4. The van der Waals surface area contributed by atoms with E-state index < -0.39 is 11.5 Å². The van der Waals surface area contributed by atoms with Crippen LogP contribution in [0.25, 0.3) is 0 Å². The van der Waals surface area contributed by atoms with Crippen LogP contribution < -0.4 is 5.32 Å². The maximum atomic E-state index is 12.0. The van der Waals surface area contributed by atoms with Gasteiger partial charge in [-0.1, -0.05) is 4.49 Å². The third-order valence-electron chi connectivity index (χ3n) is 2.79. The molecule has 0 spiro atoms. The van der Waals surface area contributed by atoms with Gasteiger partial charge in [-0.25, -0.2) is 4.79 Å². The maximum absolute atomic E-state index is 12.0. The lowest BCUT2D eigenvalue weighted by Crippen LogP contribution is -2.35. The van der Waals surface area contributed by atoms with E-state index in [2.05, 4.69) is 20.0 Å². The van der Waals surface area contributed by atoms with E-state index in [-0.39, 0.29) is 5.91 Å². The Hall–Kier alpha value is -2.29. The van der Waals surface area contributed by atoms with Crippen molar-refractivity contribution < 1.29 is 14.7 Å². The van der Waals surface area contributed by atoms with Crippen LogP contribution in [0, 0.1) is 6.92 Å². The summed E-state index contributed by atoms with van der Waals surface area (Å²) in [5.41, 5.74) is -0.229. The summed E-state index contributed by atoms with van der Waals surface area (Å²) in [5.74, 6) is -1.36. The average molecular weight is 295 g/mol. The third kappa shape index (κ3) is 2.52. The lowest BCUT2D eigenvalue weighted by molar-refractivity contribution is -0.146. The van der Waals surface area contributed by atoms with Crippen LogP contribution in [0.1, 0.15) is 29.2 Å². The van der Waals surface area contributed by atoms with E-state index in [1.165, 1.54) is 30.9 Å². The molecule has 0 aliphatic rings. The van der Waals surface area contributed by atoms with Crippen LogP contribution >= 0.6 is 11.5 Å². The predicted molar refractivity (Wildman–Crippen MR) is 71.8 cm³/mol. The molecule has 2 N–H and O–H groups in total. The largest absolute Gasteiger partial charge is 0.479 e. The minimum absolute atomic E-state index is 0.342. The highest BCUT2D eigenvalue weighted by Crippen LogP contribution is 2.18. The van der Waals surface area contributed by atoms with Crippen molar-refractivity contribution in [2.45, 2.75) is 26.3 Å². The van der Waals surface area contributed by atoms with Crippen molar-refractivity contribution in [2.75, 3.05) is 5.32 Å². The molecule has 0 aliphatic heterocycles. The number of carboxylic acid groups (broad SMARTS) is 1. The average Bonchev–Trinajstić information content (AvgIpc) is 2.97. The highest BCUT2D eigenvalue weighted by molar-refractivity contribution is 7.08. The molecular weight excluding hydrogens is 282 g/mol. The van der Waals surface area contributed by atoms with Crippen molar-refractivity contribution in [3.05, 3.63) is 23.0 Å². The molecule has 0 aliphatic carbocycles. The zero-order valence-corrected chi connectivity index (χ0v) is 11.9. The first-order valence-electron chi connectivity index (χ1n) is 5.71. The second-order valence-electron chi connectivity index (χ2n) is 4.68. The molecule has 2 rings (SSSR count). The molecule has 0 bridgehead atoms. The lowest BCUT2D eigenvalue weighted by atomic mass is 10.1. The number of carbonyl (C=O) groups excluding carboxylic acids is 1. The number of carboxylic acids is 1. The van der Waals surface area contributed by atoms with E-state index in [0.717, 1.165) is 11.5 Å². The fourth-order valence-corrected chi connectivity index (χ4v) is 1.97. The number of aliphatic carboxylic acids is 1. The molecule has 0 radical (unpaired) electrons. The Morgan fingerprint density at radius 3 is 2.70 bits per heavy atom. The smallest absolute Gasteiger partial charge is 0.331 e. The summed E-state index contributed by atoms with van der Waals surface area (Å²) in [6.07, 6.45) is 2.86. The Labute approximate surface area is 118 Å². The normalized spacial score (nSPS) is 11.3. The Morgan fingerprint density at radius 2 is 2.15 bits per heavy atom. The minimum Gasteiger partial charge on any atom is -0.479 e. The number of hydrogen-bond acceptors (Lipinski definition) is 6. The summed E-state index contributed by atoms with van der Waals surface area (Å²) in [7, 11) is 0. The molecule has 0 unspecified atom stereocenters.